The van der Waals surface area contributed by atoms with E-state index < -0.39 is 12.1 Å². The largest absolute Gasteiger partial charge is 0.481 e. The van der Waals surface area contributed by atoms with E-state index in [0.29, 0.717) is 25.0 Å². The van der Waals surface area contributed by atoms with E-state index in [1.165, 1.54) is 11.1 Å². The quantitative estimate of drug-likeness (QED) is 0.425. The Kier molecular flexibility index (Phi) is 8.85. The number of hydrogen-bond donors (Lipinski definition) is 3. The smallest absolute Gasteiger partial charge is 0.407 e. The van der Waals surface area contributed by atoms with Crippen molar-refractivity contribution in [1.29, 1.82) is 0 Å². The van der Waals surface area contributed by atoms with E-state index >= 15 is 0 Å². The van der Waals surface area contributed by atoms with Gasteiger partial charge >= 0.3 is 12.1 Å². The molecule has 1 unspecified atom stereocenters. The van der Waals surface area contributed by atoms with Gasteiger partial charge in [0.2, 0.25) is 5.91 Å². The van der Waals surface area contributed by atoms with Crippen molar-refractivity contribution in [3.8, 4) is 11.1 Å². The molecule has 0 radical (unpaired) electrons. The van der Waals surface area contributed by atoms with E-state index in [-0.39, 0.29) is 37.3 Å². The third kappa shape index (κ3) is 6.70. The monoisotopic (exact) mass is 464 g/mol. The van der Waals surface area contributed by atoms with Gasteiger partial charge < -0.3 is 20.5 Å². The molecule has 0 aliphatic heterocycles. The number of carboxylic acid groups (broad SMARTS) is 1. The second kappa shape index (κ2) is 12.0. The number of carboxylic acids is 1. The molecule has 34 heavy (non-hydrogen) atoms. The summed E-state index contributed by atoms with van der Waals surface area (Å²) < 4.78 is 5.49. The SMILES string of the molecule is C/C(=C\CNC(=O)OCC1c2ccccc2-c2ccccc21)C(=O)NCCC(C)CCC(=O)O. The summed E-state index contributed by atoms with van der Waals surface area (Å²) in [5.41, 5.74) is 5.15. The summed E-state index contributed by atoms with van der Waals surface area (Å²) >= 11 is 0. The van der Waals surface area contributed by atoms with Crippen molar-refractivity contribution in [2.75, 3.05) is 19.7 Å². The second-order valence-electron chi connectivity index (χ2n) is 8.68. The van der Waals surface area contributed by atoms with Crippen LogP contribution < -0.4 is 10.6 Å². The summed E-state index contributed by atoms with van der Waals surface area (Å²) in [6.07, 6.45) is 2.55. The van der Waals surface area contributed by atoms with E-state index in [1.807, 2.05) is 31.2 Å². The van der Waals surface area contributed by atoms with Crippen molar-refractivity contribution >= 4 is 18.0 Å². The van der Waals surface area contributed by atoms with E-state index in [2.05, 4.69) is 34.9 Å². The average Bonchev–Trinajstić information content (AvgIpc) is 3.15. The van der Waals surface area contributed by atoms with E-state index in [9.17, 15) is 14.4 Å². The summed E-state index contributed by atoms with van der Waals surface area (Å²) in [5.74, 6) is -0.798. The van der Waals surface area contributed by atoms with Gasteiger partial charge in [0.05, 0.1) is 0 Å². The predicted octanol–water partition coefficient (Wildman–Crippen LogP) is 4.48. The number of alkyl carbamates (subject to hydrolysis) is 1. The van der Waals surface area contributed by atoms with Gasteiger partial charge in [-0.1, -0.05) is 61.5 Å². The van der Waals surface area contributed by atoms with Gasteiger partial charge in [-0.3, -0.25) is 9.59 Å². The first-order valence-electron chi connectivity index (χ1n) is 11.6. The van der Waals surface area contributed by atoms with Gasteiger partial charge in [-0.2, -0.15) is 0 Å². The molecule has 7 heteroatoms. The Morgan fingerprint density at radius 1 is 1.00 bits per heavy atom. The standard InChI is InChI=1S/C27H32N2O5/c1-18(11-12-25(30)31)13-15-28-26(32)19(2)14-16-29-27(33)34-17-24-22-9-5-3-7-20(22)21-8-4-6-10-23(21)24/h3-10,14,18,24H,11-13,15-17H2,1-2H3,(H,28,32)(H,29,33)(H,30,31)/b19-14+. The molecule has 0 heterocycles. The first-order valence-corrected chi connectivity index (χ1v) is 11.6. The maximum absolute atomic E-state index is 12.2. The fourth-order valence-electron chi connectivity index (χ4n) is 4.12. The molecule has 2 amide bonds. The number of carbonyl (C=O) groups excluding carboxylic acids is 2. The topological polar surface area (TPSA) is 105 Å². The highest BCUT2D eigenvalue weighted by atomic mass is 16.5. The van der Waals surface area contributed by atoms with E-state index in [4.69, 9.17) is 9.84 Å². The first-order chi connectivity index (χ1) is 16.4. The van der Waals surface area contributed by atoms with Gasteiger partial charge in [-0.25, -0.2) is 4.79 Å². The molecule has 2 aromatic rings. The lowest BCUT2D eigenvalue weighted by Crippen LogP contribution is -2.29. The summed E-state index contributed by atoms with van der Waals surface area (Å²) in [5, 5.41) is 14.2. The van der Waals surface area contributed by atoms with Crippen LogP contribution in [-0.2, 0) is 14.3 Å². The Hall–Kier alpha value is -3.61. The lowest BCUT2D eigenvalue weighted by molar-refractivity contribution is -0.137. The maximum atomic E-state index is 12.2. The number of amides is 2. The van der Waals surface area contributed by atoms with Crippen LogP contribution in [0.3, 0.4) is 0 Å². The van der Waals surface area contributed by atoms with Crippen LogP contribution in [0.15, 0.2) is 60.2 Å². The number of hydrogen-bond acceptors (Lipinski definition) is 4. The Morgan fingerprint density at radius 2 is 1.62 bits per heavy atom. The van der Waals surface area contributed by atoms with Gasteiger partial charge in [0.25, 0.3) is 0 Å². The molecular formula is C27H32N2O5. The number of fused-ring (bicyclic) bond motifs is 3. The first kappa shape index (κ1) is 25.0. The molecule has 0 saturated heterocycles. The molecule has 1 atom stereocenters. The zero-order chi connectivity index (χ0) is 24.5. The third-order valence-electron chi connectivity index (χ3n) is 6.13. The molecule has 0 fully saturated rings. The van der Waals surface area contributed by atoms with Crippen LogP contribution in [0.4, 0.5) is 4.79 Å². The van der Waals surface area contributed by atoms with Crippen LogP contribution in [0, 0.1) is 5.92 Å². The van der Waals surface area contributed by atoms with Crippen LogP contribution in [0.2, 0.25) is 0 Å². The Morgan fingerprint density at radius 3 is 2.24 bits per heavy atom. The Balaban J connectivity index is 1.40. The minimum atomic E-state index is -0.807. The number of rotatable bonds is 11. The molecule has 0 aromatic heterocycles. The number of aliphatic carboxylic acids is 1. The number of ether oxygens (including phenoxy) is 1. The lowest BCUT2D eigenvalue weighted by atomic mass is 9.98. The summed E-state index contributed by atoms with van der Waals surface area (Å²) in [4.78, 5) is 35.0. The van der Waals surface area contributed by atoms with E-state index in [0.717, 1.165) is 11.1 Å². The molecule has 7 nitrogen and oxygen atoms in total. The van der Waals surface area contributed by atoms with Crippen LogP contribution in [0.5, 0.6) is 0 Å². The van der Waals surface area contributed by atoms with Crippen molar-refractivity contribution in [2.24, 2.45) is 5.92 Å². The van der Waals surface area contributed by atoms with Gasteiger partial charge in [-0.15, -0.1) is 0 Å². The second-order valence-corrected chi connectivity index (χ2v) is 8.68. The molecule has 0 bridgehead atoms. The lowest BCUT2D eigenvalue weighted by Gasteiger charge is -2.14. The van der Waals surface area contributed by atoms with Gasteiger partial charge in [-0.05, 0) is 47.9 Å². The summed E-state index contributed by atoms with van der Waals surface area (Å²) in [7, 11) is 0. The molecule has 0 spiro atoms. The predicted molar refractivity (Wildman–Crippen MR) is 130 cm³/mol. The average molecular weight is 465 g/mol. The minimum Gasteiger partial charge on any atom is -0.481 e. The Bertz CT molecular complexity index is 1020. The van der Waals surface area contributed by atoms with E-state index in [1.54, 1.807) is 13.0 Å². The highest BCUT2D eigenvalue weighted by Gasteiger charge is 2.28. The highest BCUT2D eigenvalue weighted by molar-refractivity contribution is 5.92. The fraction of sp³-hybridized carbons (Fsp3) is 0.370. The number of nitrogens with one attached hydrogen (secondary N) is 2. The zero-order valence-corrected chi connectivity index (χ0v) is 19.7. The molecule has 3 rings (SSSR count). The molecule has 3 N–H and O–H groups in total. The maximum Gasteiger partial charge on any atom is 0.407 e. The Labute approximate surface area is 200 Å². The molecule has 0 saturated carbocycles. The fourth-order valence-corrected chi connectivity index (χ4v) is 4.12. The number of carbonyl (C=O) groups is 3. The van der Waals surface area contributed by atoms with Crippen molar-refractivity contribution in [3.63, 3.8) is 0 Å². The molecule has 1 aliphatic carbocycles. The minimum absolute atomic E-state index is 0.000837. The van der Waals surface area contributed by atoms with Crippen molar-refractivity contribution < 1.29 is 24.2 Å². The van der Waals surface area contributed by atoms with Crippen LogP contribution in [0.25, 0.3) is 11.1 Å². The molecule has 1 aliphatic rings. The van der Waals surface area contributed by atoms with Crippen molar-refractivity contribution in [2.45, 2.75) is 39.0 Å². The van der Waals surface area contributed by atoms with Gasteiger partial charge in [0.15, 0.2) is 0 Å². The summed E-state index contributed by atoms with van der Waals surface area (Å²) in [6, 6.07) is 16.3. The van der Waals surface area contributed by atoms with Gasteiger partial charge in [0, 0.05) is 31.0 Å². The number of benzene rings is 2. The van der Waals surface area contributed by atoms with Crippen LogP contribution in [-0.4, -0.2) is 42.8 Å². The molecule has 180 valence electrons. The zero-order valence-electron chi connectivity index (χ0n) is 19.7. The summed E-state index contributed by atoms with van der Waals surface area (Å²) in [6.45, 7) is 4.55. The van der Waals surface area contributed by atoms with Crippen molar-refractivity contribution in [3.05, 3.63) is 71.3 Å². The van der Waals surface area contributed by atoms with Gasteiger partial charge in [0.1, 0.15) is 6.61 Å². The molecule has 2 aromatic carbocycles. The normalized spacial score (nSPS) is 13.5. The van der Waals surface area contributed by atoms with Crippen LogP contribution >= 0.6 is 0 Å². The molecular weight excluding hydrogens is 432 g/mol. The highest BCUT2D eigenvalue weighted by Crippen LogP contribution is 2.44. The third-order valence-corrected chi connectivity index (χ3v) is 6.13. The van der Waals surface area contributed by atoms with Crippen molar-refractivity contribution in [1.82, 2.24) is 10.6 Å². The van der Waals surface area contributed by atoms with Crippen LogP contribution in [0.1, 0.15) is 50.2 Å².